The summed E-state index contributed by atoms with van der Waals surface area (Å²) >= 11 is 7.04. The summed E-state index contributed by atoms with van der Waals surface area (Å²) in [5.41, 5.74) is 4.40. The van der Waals surface area contributed by atoms with Crippen LogP contribution < -0.4 is 0 Å². The zero-order chi connectivity index (χ0) is 15.0. The average molecular weight is 418 g/mol. The number of phenolic OH excluding ortho intramolecular Hbond substituents is 1. The molecule has 22 heavy (non-hydrogen) atoms. The van der Waals surface area contributed by atoms with Crippen LogP contribution in [0.4, 0.5) is 0 Å². The summed E-state index contributed by atoms with van der Waals surface area (Å²) in [4.78, 5) is 0. The zero-order valence-electron chi connectivity index (χ0n) is 11.3. The first kappa shape index (κ1) is 13.1. The molecule has 2 aliphatic rings. The Morgan fingerprint density at radius 1 is 0.864 bits per heavy atom. The van der Waals surface area contributed by atoms with E-state index in [1.807, 2.05) is 24.3 Å². The summed E-state index contributed by atoms with van der Waals surface area (Å²) in [5, 5.41) is 12.7. The average Bonchev–Trinajstić information content (AvgIpc) is 3.07. The maximum absolute atomic E-state index is 10.8. The van der Waals surface area contributed by atoms with E-state index in [9.17, 15) is 5.11 Å². The van der Waals surface area contributed by atoms with E-state index in [0.29, 0.717) is 5.75 Å². The van der Waals surface area contributed by atoms with Crippen LogP contribution in [0.15, 0.2) is 51.4 Å². The first-order valence-corrected chi connectivity index (χ1v) is 8.62. The third-order valence-electron chi connectivity index (χ3n) is 4.60. The molecule has 2 unspecified atom stereocenters. The van der Waals surface area contributed by atoms with E-state index >= 15 is 0 Å². The van der Waals surface area contributed by atoms with Gasteiger partial charge in [0.05, 0.1) is 0 Å². The third-order valence-corrected chi connectivity index (χ3v) is 6.45. The largest absolute Gasteiger partial charge is 0.507 e. The molecular formula is C18H10Br2O2. The van der Waals surface area contributed by atoms with Crippen molar-refractivity contribution in [3.05, 3.63) is 73.7 Å². The molecule has 1 N–H and O–H groups in total. The van der Waals surface area contributed by atoms with Gasteiger partial charge in [-0.25, -0.2) is 0 Å². The summed E-state index contributed by atoms with van der Waals surface area (Å²) in [6.07, 6.45) is -0.211. The second-order valence-electron chi connectivity index (χ2n) is 5.74. The number of aromatic hydroxyl groups is 1. The lowest BCUT2D eigenvalue weighted by molar-refractivity contribution is 0.0850. The molecule has 2 atom stereocenters. The highest BCUT2D eigenvalue weighted by molar-refractivity contribution is 9.13. The van der Waals surface area contributed by atoms with Crippen molar-refractivity contribution >= 4 is 42.6 Å². The Balaban J connectivity index is 1.85. The van der Waals surface area contributed by atoms with Crippen LogP contribution in [0.2, 0.25) is 0 Å². The Bertz CT molecular complexity index is 965. The van der Waals surface area contributed by atoms with Crippen molar-refractivity contribution in [3.8, 4) is 5.75 Å². The Labute approximate surface area is 144 Å². The van der Waals surface area contributed by atoms with Gasteiger partial charge in [-0.3, -0.25) is 0 Å². The molecule has 0 fully saturated rings. The lowest BCUT2D eigenvalue weighted by Gasteiger charge is -2.18. The van der Waals surface area contributed by atoms with Crippen molar-refractivity contribution in [2.45, 2.75) is 12.2 Å². The molecule has 0 aliphatic carbocycles. The maximum Gasteiger partial charge on any atom is 0.129 e. The van der Waals surface area contributed by atoms with Gasteiger partial charge in [0.25, 0.3) is 0 Å². The molecule has 2 bridgehead atoms. The number of hydrogen-bond acceptors (Lipinski definition) is 2. The van der Waals surface area contributed by atoms with Crippen LogP contribution in [0.5, 0.6) is 5.75 Å². The van der Waals surface area contributed by atoms with Crippen LogP contribution in [-0.2, 0) is 4.74 Å². The summed E-state index contributed by atoms with van der Waals surface area (Å²) in [5.74, 6) is 0.336. The van der Waals surface area contributed by atoms with Gasteiger partial charge >= 0.3 is 0 Å². The van der Waals surface area contributed by atoms with Gasteiger partial charge in [-0.1, -0.05) is 24.3 Å². The quantitative estimate of drug-likeness (QED) is 0.516. The molecule has 3 aromatic carbocycles. The van der Waals surface area contributed by atoms with Crippen LogP contribution in [0, 0.1) is 0 Å². The van der Waals surface area contributed by atoms with Crippen LogP contribution >= 0.6 is 31.9 Å². The fourth-order valence-electron chi connectivity index (χ4n) is 3.64. The minimum atomic E-state index is -0.150. The Morgan fingerprint density at radius 3 is 2.32 bits per heavy atom. The first-order chi connectivity index (χ1) is 10.6. The summed E-state index contributed by atoms with van der Waals surface area (Å²) in [7, 11) is 0. The normalized spacial score (nSPS) is 21.2. The number of fused-ring (bicyclic) bond motifs is 9. The van der Waals surface area contributed by atoms with Crippen molar-refractivity contribution < 1.29 is 9.84 Å². The standard InChI is InChI=1S/C18H10Br2O2/c19-13-6-8-5-12-15(16(21)11(8)7-14(13)20)18-10-4-2-1-3-9(10)17(12)22-18/h1-7,17-18,21H. The fraction of sp³-hybridized carbons (Fsp3) is 0.111. The highest BCUT2D eigenvalue weighted by Crippen LogP contribution is 2.58. The van der Waals surface area contributed by atoms with Crippen molar-refractivity contribution in [2.24, 2.45) is 0 Å². The van der Waals surface area contributed by atoms with E-state index < -0.39 is 0 Å². The van der Waals surface area contributed by atoms with Gasteiger partial charge in [0.15, 0.2) is 0 Å². The molecule has 5 rings (SSSR count). The molecular weight excluding hydrogens is 408 g/mol. The molecule has 3 aromatic rings. The van der Waals surface area contributed by atoms with Crippen molar-refractivity contribution in [3.63, 3.8) is 0 Å². The van der Waals surface area contributed by atoms with Crippen LogP contribution in [-0.4, -0.2) is 5.11 Å². The van der Waals surface area contributed by atoms with Crippen molar-refractivity contribution in [1.82, 2.24) is 0 Å². The number of phenols is 1. The second kappa shape index (κ2) is 4.34. The molecule has 0 aromatic heterocycles. The van der Waals surface area contributed by atoms with E-state index in [-0.39, 0.29) is 12.2 Å². The number of halogens is 2. The maximum atomic E-state index is 10.8. The first-order valence-electron chi connectivity index (χ1n) is 7.04. The summed E-state index contributed by atoms with van der Waals surface area (Å²) in [6, 6.07) is 14.4. The molecule has 0 spiro atoms. The number of hydrogen-bond donors (Lipinski definition) is 1. The summed E-state index contributed by atoms with van der Waals surface area (Å²) in [6.45, 7) is 0. The van der Waals surface area contributed by atoms with Crippen molar-refractivity contribution in [2.75, 3.05) is 0 Å². The minimum Gasteiger partial charge on any atom is -0.507 e. The molecule has 2 aliphatic heterocycles. The zero-order valence-corrected chi connectivity index (χ0v) is 14.5. The van der Waals surface area contributed by atoms with E-state index in [4.69, 9.17) is 4.74 Å². The molecule has 0 radical (unpaired) electrons. The molecule has 108 valence electrons. The van der Waals surface area contributed by atoms with Crippen molar-refractivity contribution in [1.29, 1.82) is 0 Å². The predicted molar refractivity (Wildman–Crippen MR) is 92.2 cm³/mol. The highest BCUT2D eigenvalue weighted by Gasteiger charge is 2.44. The van der Waals surface area contributed by atoms with Gasteiger partial charge in [0, 0.05) is 19.9 Å². The lowest BCUT2D eigenvalue weighted by atomic mass is 9.84. The fourth-order valence-corrected chi connectivity index (χ4v) is 4.35. The molecule has 4 heteroatoms. The van der Waals surface area contributed by atoms with Gasteiger partial charge in [-0.2, -0.15) is 0 Å². The highest BCUT2D eigenvalue weighted by atomic mass is 79.9. The number of rotatable bonds is 0. The van der Waals surface area contributed by atoms with Gasteiger partial charge < -0.3 is 9.84 Å². The van der Waals surface area contributed by atoms with Crippen LogP contribution in [0.3, 0.4) is 0 Å². The van der Waals surface area contributed by atoms with E-state index in [1.54, 1.807) is 0 Å². The predicted octanol–water partition coefficient (Wildman–Crippen LogP) is 5.59. The Kier molecular flexibility index (Phi) is 2.59. The number of benzene rings is 3. The molecule has 0 amide bonds. The van der Waals surface area contributed by atoms with Gasteiger partial charge in [0.1, 0.15) is 18.0 Å². The topological polar surface area (TPSA) is 29.5 Å². The van der Waals surface area contributed by atoms with E-state index in [0.717, 1.165) is 30.8 Å². The monoisotopic (exact) mass is 416 g/mol. The third kappa shape index (κ3) is 1.53. The van der Waals surface area contributed by atoms with Crippen LogP contribution in [0.25, 0.3) is 10.8 Å². The Morgan fingerprint density at radius 2 is 1.55 bits per heavy atom. The molecule has 2 nitrogen and oxygen atoms in total. The second-order valence-corrected chi connectivity index (χ2v) is 7.45. The molecule has 0 saturated carbocycles. The van der Waals surface area contributed by atoms with E-state index in [1.165, 1.54) is 11.1 Å². The minimum absolute atomic E-state index is 0.0612. The van der Waals surface area contributed by atoms with E-state index in [2.05, 4.69) is 50.1 Å². The Hall–Kier alpha value is -1.36. The molecule has 0 saturated heterocycles. The lowest BCUT2D eigenvalue weighted by Crippen LogP contribution is -2.03. The van der Waals surface area contributed by atoms with Gasteiger partial charge in [-0.15, -0.1) is 0 Å². The van der Waals surface area contributed by atoms with Gasteiger partial charge in [-0.05, 0) is 72.1 Å². The van der Waals surface area contributed by atoms with Crippen LogP contribution in [0.1, 0.15) is 34.5 Å². The summed E-state index contributed by atoms with van der Waals surface area (Å²) < 4.78 is 8.05. The SMILES string of the molecule is Oc1c2c(cc3cc(Br)c(Br)cc13)C1OC2c2ccccc21. The van der Waals surface area contributed by atoms with Gasteiger partial charge in [0.2, 0.25) is 0 Å². The molecule has 2 heterocycles. The smallest absolute Gasteiger partial charge is 0.129 e. The number of ether oxygens (including phenoxy) is 1.